The van der Waals surface area contributed by atoms with Crippen molar-refractivity contribution < 1.29 is 9.53 Å². The molecule has 0 saturated carbocycles. The van der Waals surface area contributed by atoms with Gasteiger partial charge in [0.1, 0.15) is 22.5 Å². The number of thiazole rings is 1. The van der Waals surface area contributed by atoms with Crippen molar-refractivity contribution >= 4 is 33.8 Å². The number of carbonyl (C=O) groups excluding carboxylic acids is 1. The Hall–Kier alpha value is -2.90. The van der Waals surface area contributed by atoms with Gasteiger partial charge in [0.15, 0.2) is 5.13 Å². The molecule has 7 heteroatoms. The van der Waals surface area contributed by atoms with Crippen LogP contribution in [0.1, 0.15) is 41.1 Å². The first-order valence-electron chi connectivity index (χ1n) is 10.7. The number of carbonyl (C=O) groups is 1. The van der Waals surface area contributed by atoms with Crippen LogP contribution in [0.5, 0.6) is 5.75 Å². The molecule has 3 N–H and O–H groups in total. The maximum absolute atomic E-state index is 12.9. The molecule has 6 nitrogen and oxygen atoms in total. The molecule has 31 heavy (non-hydrogen) atoms. The maximum atomic E-state index is 12.9. The molecule has 1 aliphatic rings. The fourth-order valence-corrected chi connectivity index (χ4v) is 4.59. The number of nitrogen functional groups attached to an aromatic ring is 1. The lowest BCUT2D eigenvalue weighted by molar-refractivity contribution is 0.104. The number of likely N-dealkylation sites (N-methyl/N-ethyl adjacent to an activating group) is 1. The summed E-state index contributed by atoms with van der Waals surface area (Å²) in [6.45, 7) is 7.38. The summed E-state index contributed by atoms with van der Waals surface area (Å²) in [5.41, 5.74) is 8.68. The third kappa shape index (κ3) is 5.06. The van der Waals surface area contributed by atoms with Crippen molar-refractivity contribution in [2.75, 3.05) is 30.7 Å². The van der Waals surface area contributed by atoms with Gasteiger partial charge in [-0.05, 0) is 55.3 Å². The predicted molar refractivity (Wildman–Crippen MR) is 127 cm³/mol. The summed E-state index contributed by atoms with van der Waals surface area (Å²) in [7, 11) is 0. The molecule has 162 valence electrons. The highest BCUT2D eigenvalue weighted by Crippen LogP contribution is 2.30. The van der Waals surface area contributed by atoms with Crippen molar-refractivity contribution in [1.82, 2.24) is 9.88 Å². The summed E-state index contributed by atoms with van der Waals surface area (Å²) in [5.74, 6) is 1.01. The van der Waals surface area contributed by atoms with E-state index in [0.29, 0.717) is 15.6 Å². The largest absolute Gasteiger partial charge is 0.489 e. The topological polar surface area (TPSA) is 80.5 Å². The maximum Gasteiger partial charge on any atom is 0.206 e. The van der Waals surface area contributed by atoms with Gasteiger partial charge in [-0.15, -0.1) is 0 Å². The van der Waals surface area contributed by atoms with Crippen LogP contribution in [0.3, 0.4) is 0 Å². The molecule has 1 aliphatic heterocycles. The number of nitrogens with one attached hydrogen (secondary N) is 1. The minimum Gasteiger partial charge on any atom is -0.489 e. The number of rotatable bonds is 8. The molecule has 0 spiro atoms. The second-order valence-corrected chi connectivity index (χ2v) is 8.69. The molecule has 2 aromatic carbocycles. The molecule has 1 unspecified atom stereocenters. The first-order chi connectivity index (χ1) is 15.1. The van der Waals surface area contributed by atoms with E-state index in [9.17, 15) is 4.79 Å². The Morgan fingerprint density at radius 1 is 1.26 bits per heavy atom. The van der Waals surface area contributed by atoms with Gasteiger partial charge in [-0.3, -0.25) is 9.69 Å². The van der Waals surface area contributed by atoms with Gasteiger partial charge < -0.3 is 15.8 Å². The predicted octanol–water partition coefficient (Wildman–Crippen LogP) is 4.74. The third-order valence-electron chi connectivity index (χ3n) is 5.54. The molecular weight excluding hydrogens is 408 g/mol. The Bertz CT molecular complexity index is 1050. The van der Waals surface area contributed by atoms with Gasteiger partial charge in [0, 0.05) is 24.3 Å². The summed E-state index contributed by atoms with van der Waals surface area (Å²) in [5, 5.41) is 3.84. The van der Waals surface area contributed by atoms with Gasteiger partial charge in [0.25, 0.3) is 0 Å². The van der Waals surface area contributed by atoms with E-state index >= 15 is 0 Å². The van der Waals surface area contributed by atoms with Gasteiger partial charge in [-0.2, -0.15) is 0 Å². The third-order valence-corrected chi connectivity index (χ3v) is 6.53. The number of aryl methyl sites for hydroxylation is 1. The van der Waals surface area contributed by atoms with Crippen LogP contribution >= 0.6 is 11.3 Å². The summed E-state index contributed by atoms with van der Waals surface area (Å²) >= 11 is 1.27. The first kappa shape index (κ1) is 21.3. The van der Waals surface area contributed by atoms with Crippen LogP contribution < -0.4 is 15.8 Å². The second-order valence-electron chi connectivity index (χ2n) is 7.69. The van der Waals surface area contributed by atoms with Crippen molar-refractivity contribution in [2.24, 2.45) is 0 Å². The number of likely N-dealkylation sites (tertiary alicyclic amines) is 1. The van der Waals surface area contributed by atoms with Crippen LogP contribution in [0.4, 0.5) is 16.6 Å². The summed E-state index contributed by atoms with van der Waals surface area (Å²) in [6, 6.07) is 15.5. The zero-order chi connectivity index (χ0) is 21.8. The minimum atomic E-state index is -0.0974. The number of hydrogen-bond donors (Lipinski definition) is 2. The Morgan fingerprint density at radius 3 is 2.77 bits per heavy atom. The molecule has 0 radical (unpaired) electrons. The number of hydrogen-bond acceptors (Lipinski definition) is 7. The summed E-state index contributed by atoms with van der Waals surface area (Å²) in [4.78, 5) is 20.1. The molecular formula is C24H28N4O2S. The molecule has 1 aromatic heterocycles. The van der Waals surface area contributed by atoms with E-state index in [1.54, 1.807) is 0 Å². The lowest BCUT2D eigenvalue weighted by atomic mass is 10.1. The van der Waals surface area contributed by atoms with E-state index in [1.165, 1.54) is 11.3 Å². The summed E-state index contributed by atoms with van der Waals surface area (Å²) < 4.78 is 6.09. The van der Waals surface area contributed by atoms with E-state index in [4.69, 9.17) is 10.5 Å². The molecule has 2 heterocycles. The standard InChI is InChI=1S/C24H28N4O2S/c1-3-16-6-5-7-17(14-16)21(29)22-23(25)27-24(31-22)26-18-8-10-19(11-9-18)30-20-12-13-28(4-2)15-20/h5-11,14,20H,3-4,12-13,15,25H2,1-2H3,(H,26,27). The second kappa shape index (κ2) is 9.49. The number of aromatic nitrogens is 1. The SMILES string of the molecule is CCc1cccc(C(=O)c2sc(Nc3ccc(OC4CCN(CC)C4)cc3)nc2N)c1. The molecule has 1 atom stereocenters. The van der Waals surface area contributed by atoms with Crippen molar-refractivity contribution in [1.29, 1.82) is 0 Å². The smallest absolute Gasteiger partial charge is 0.206 e. The van der Waals surface area contributed by atoms with E-state index in [-0.39, 0.29) is 17.7 Å². The molecule has 1 fully saturated rings. The first-order valence-corrected chi connectivity index (χ1v) is 11.5. The van der Waals surface area contributed by atoms with E-state index < -0.39 is 0 Å². The monoisotopic (exact) mass is 436 g/mol. The van der Waals surface area contributed by atoms with Gasteiger partial charge in [0.05, 0.1) is 0 Å². The Kier molecular flexibility index (Phi) is 6.53. The fraction of sp³-hybridized carbons (Fsp3) is 0.333. The van der Waals surface area contributed by atoms with Gasteiger partial charge >= 0.3 is 0 Å². The number of ether oxygens (including phenoxy) is 1. The Labute approximate surface area is 187 Å². The number of anilines is 3. The van der Waals surface area contributed by atoms with Crippen molar-refractivity contribution in [2.45, 2.75) is 32.8 Å². The number of ketones is 1. The lowest BCUT2D eigenvalue weighted by Crippen LogP contribution is -2.24. The van der Waals surface area contributed by atoms with Crippen LogP contribution in [-0.2, 0) is 6.42 Å². The highest BCUT2D eigenvalue weighted by molar-refractivity contribution is 7.18. The molecule has 0 amide bonds. The van der Waals surface area contributed by atoms with Crippen LogP contribution in [0, 0.1) is 0 Å². The number of nitrogens with two attached hydrogens (primary N) is 1. The molecule has 0 aliphatic carbocycles. The minimum absolute atomic E-state index is 0.0974. The Balaban J connectivity index is 1.41. The zero-order valence-electron chi connectivity index (χ0n) is 17.9. The number of benzene rings is 2. The van der Waals surface area contributed by atoms with Crippen LogP contribution in [-0.4, -0.2) is 41.4 Å². The normalized spacial score (nSPS) is 16.4. The quantitative estimate of drug-likeness (QED) is 0.497. The zero-order valence-corrected chi connectivity index (χ0v) is 18.7. The average molecular weight is 437 g/mol. The molecule has 1 saturated heterocycles. The van der Waals surface area contributed by atoms with Gasteiger partial charge in [0.2, 0.25) is 5.78 Å². The van der Waals surface area contributed by atoms with E-state index in [2.05, 4.69) is 29.0 Å². The highest BCUT2D eigenvalue weighted by Gasteiger charge is 2.22. The molecule has 4 rings (SSSR count). The van der Waals surface area contributed by atoms with Crippen LogP contribution in [0.25, 0.3) is 0 Å². The lowest BCUT2D eigenvalue weighted by Gasteiger charge is -2.15. The molecule has 0 bridgehead atoms. The van der Waals surface area contributed by atoms with Crippen molar-refractivity contribution in [3.05, 3.63) is 64.5 Å². The van der Waals surface area contributed by atoms with Crippen molar-refractivity contribution in [3.63, 3.8) is 0 Å². The van der Waals surface area contributed by atoms with Gasteiger partial charge in [-0.25, -0.2) is 4.98 Å². The van der Waals surface area contributed by atoms with E-state index in [0.717, 1.165) is 49.5 Å². The fourth-order valence-electron chi connectivity index (χ4n) is 3.72. The Morgan fingerprint density at radius 2 is 2.06 bits per heavy atom. The average Bonchev–Trinajstić information content (AvgIpc) is 3.40. The molecule has 3 aromatic rings. The number of nitrogens with zero attached hydrogens (tertiary/aromatic N) is 2. The van der Waals surface area contributed by atoms with Crippen molar-refractivity contribution in [3.8, 4) is 5.75 Å². The van der Waals surface area contributed by atoms with Crippen LogP contribution in [0.15, 0.2) is 48.5 Å². The van der Waals surface area contributed by atoms with E-state index in [1.807, 2.05) is 48.5 Å². The van der Waals surface area contributed by atoms with Gasteiger partial charge in [-0.1, -0.05) is 43.4 Å². The van der Waals surface area contributed by atoms with Crippen LogP contribution in [0.2, 0.25) is 0 Å². The summed E-state index contributed by atoms with van der Waals surface area (Å²) in [6.07, 6.45) is 2.19. The highest BCUT2D eigenvalue weighted by atomic mass is 32.1.